The second-order valence-corrected chi connectivity index (χ2v) is 20.7. The van der Waals surface area contributed by atoms with E-state index in [0.29, 0.717) is 33.9 Å². The summed E-state index contributed by atoms with van der Waals surface area (Å²) in [4.78, 5) is 18.7. The molecule has 1 atom stereocenters. The number of nitrogens with two attached hydrogens (primary N) is 2. The largest absolute Gasteiger partial charge is 0.497 e. The first-order valence-electron chi connectivity index (χ1n) is 21.1. The van der Waals surface area contributed by atoms with E-state index in [9.17, 15) is 13.2 Å². The van der Waals surface area contributed by atoms with Crippen LogP contribution in [0.25, 0.3) is 22.5 Å². The molecular weight excluding hydrogens is 901 g/mol. The Hall–Kier alpha value is -6.65. The van der Waals surface area contributed by atoms with Crippen molar-refractivity contribution in [3.05, 3.63) is 120 Å². The van der Waals surface area contributed by atoms with Gasteiger partial charge < -0.3 is 35.3 Å². The van der Waals surface area contributed by atoms with Crippen LogP contribution in [0, 0.1) is 0 Å². The van der Waals surface area contributed by atoms with Crippen molar-refractivity contribution in [3.63, 3.8) is 0 Å². The zero-order valence-electron chi connectivity index (χ0n) is 38.0. The number of nitrogens with zero attached hydrogens (tertiary/aromatic N) is 7. The SMILES string of the molecule is COc1ccc(CN(Cc2ccc(OC)cc2)S(=O)(=O)c2c(S(=O)(=O)NC[C@]3(N)CCN(C(=O)OC(C)(C)C)C3)ccc(-c3ccc(N)nc3)c2-c2nnn(Cc3ccc(OC)cc3)n2)cc1. The van der Waals surface area contributed by atoms with Crippen LogP contribution in [0.4, 0.5) is 10.6 Å². The Labute approximate surface area is 390 Å². The molecular formula is C46H54N10O9S2. The van der Waals surface area contributed by atoms with Gasteiger partial charge in [0.1, 0.15) is 38.5 Å². The smallest absolute Gasteiger partial charge is 0.410 e. The van der Waals surface area contributed by atoms with Gasteiger partial charge in [0, 0.05) is 50.0 Å². The molecule has 354 valence electrons. The molecule has 0 spiro atoms. The summed E-state index contributed by atoms with van der Waals surface area (Å²) in [5.41, 5.74) is 13.1. The molecule has 0 unspecified atom stereocenters. The summed E-state index contributed by atoms with van der Waals surface area (Å²) in [5, 5.41) is 13.3. The van der Waals surface area contributed by atoms with Crippen molar-refractivity contribution in [2.75, 3.05) is 46.7 Å². The molecule has 4 aromatic carbocycles. The van der Waals surface area contributed by atoms with Gasteiger partial charge in [0.25, 0.3) is 0 Å². The molecule has 21 heteroatoms. The molecule has 7 rings (SSSR count). The fourth-order valence-electron chi connectivity index (χ4n) is 7.43. The lowest BCUT2D eigenvalue weighted by Gasteiger charge is -2.28. The molecule has 2 aromatic heterocycles. The number of anilines is 1. The molecule has 6 aromatic rings. The maximum absolute atomic E-state index is 16.0. The Bertz CT molecular complexity index is 2860. The van der Waals surface area contributed by atoms with Crippen molar-refractivity contribution in [1.82, 2.24) is 39.1 Å². The Morgan fingerprint density at radius 1 is 0.806 bits per heavy atom. The van der Waals surface area contributed by atoms with E-state index in [2.05, 4.69) is 25.1 Å². The van der Waals surface area contributed by atoms with Gasteiger partial charge in [-0.25, -0.2) is 31.3 Å². The number of likely N-dealkylation sites (tertiary alicyclic amines) is 1. The number of benzene rings is 4. The molecule has 67 heavy (non-hydrogen) atoms. The number of aromatic nitrogens is 5. The molecule has 1 saturated heterocycles. The van der Waals surface area contributed by atoms with Crippen LogP contribution < -0.4 is 30.4 Å². The zero-order valence-corrected chi connectivity index (χ0v) is 39.7. The summed E-state index contributed by atoms with van der Waals surface area (Å²) in [6, 6.07) is 26.7. The molecule has 1 amide bonds. The third-order valence-electron chi connectivity index (χ3n) is 11.0. The van der Waals surface area contributed by atoms with Crippen LogP contribution in [-0.2, 0) is 44.4 Å². The second-order valence-electron chi connectivity index (χ2n) is 17.1. The van der Waals surface area contributed by atoms with Crippen molar-refractivity contribution in [1.29, 1.82) is 0 Å². The highest BCUT2D eigenvalue weighted by atomic mass is 32.2. The van der Waals surface area contributed by atoms with Crippen LogP contribution in [0.5, 0.6) is 17.2 Å². The summed E-state index contributed by atoms with van der Waals surface area (Å²) in [6.07, 6.45) is 1.09. The van der Waals surface area contributed by atoms with Gasteiger partial charge in [0.2, 0.25) is 25.9 Å². The number of ether oxygens (including phenoxy) is 4. The van der Waals surface area contributed by atoms with Gasteiger partial charge in [-0.2, -0.15) is 9.10 Å². The molecule has 0 bridgehead atoms. The van der Waals surface area contributed by atoms with E-state index in [4.69, 9.17) is 30.4 Å². The molecule has 0 saturated carbocycles. The number of rotatable bonds is 17. The average Bonchev–Trinajstić information content (AvgIpc) is 3.95. The van der Waals surface area contributed by atoms with Crippen molar-refractivity contribution < 1.29 is 40.6 Å². The van der Waals surface area contributed by atoms with E-state index in [1.165, 1.54) is 52.6 Å². The summed E-state index contributed by atoms with van der Waals surface area (Å²) < 4.78 is 87.3. The number of amides is 1. The van der Waals surface area contributed by atoms with Gasteiger partial charge >= 0.3 is 6.09 Å². The number of hydrogen-bond donors (Lipinski definition) is 3. The van der Waals surface area contributed by atoms with Gasteiger partial charge in [-0.05, 0) is 109 Å². The number of sulfonamides is 2. The van der Waals surface area contributed by atoms with Crippen LogP contribution in [0.15, 0.2) is 113 Å². The van der Waals surface area contributed by atoms with Gasteiger partial charge in [-0.15, -0.1) is 10.2 Å². The Balaban J connectivity index is 1.41. The predicted octanol–water partition coefficient (Wildman–Crippen LogP) is 5.07. The normalized spacial score (nSPS) is 15.4. The first-order valence-corrected chi connectivity index (χ1v) is 24.0. The quantitative estimate of drug-likeness (QED) is 0.108. The maximum atomic E-state index is 16.0. The summed E-state index contributed by atoms with van der Waals surface area (Å²) in [6.45, 7) is 4.77. The van der Waals surface area contributed by atoms with Crippen molar-refractivity contribution in [3.8, 4) is 39.8 Å². The van der Waals surface area contributed by atoms with Crippen LogP contribution in [0.3, 0.4) is 0 Å². The van der Waals surface area contributed by atoms with Crippen molar-refractivity contribution in [2.45, 2.75) is 67.8 Å². The number of hydrogen-bond acceptors (Lipinski definition) is 15. The van der Waals surface area contributed by atoms with E-state index in [1.54, 1.807) is 94.6 Å². The minimum Gasteiger partial charge on any atom is -0.497 e. The minimum atomic E-state index is -4.93. The van der Waals surface area contributed by atoms with E-state index in [-0.39, 0.29) is 68.5 Å². The van der Waals surface area contributed by atoms with E-state index < -0.39 is 47.1 Å². The number of tetrazole rings is 1. The fourth-order valence-corrected chi connectivity index (χ4v) is 11.0. The van der Waals surface area contributed by atoms with Crippen LogP contribution in [0.2, 0.25) is 0 Å². The second kappa shape index (κ2) is 19.7. The Morgan fingerprint density at radius 2 is 1.37 bits per heavy atom. The molecule has 19 nitrogen and oxygen atoms in total. The van der Waals surface area contributed by atoms with Gasteiger partial charge in [0.15, 0.2) is 0 Å². The number of nitrogen functional groups attached to an aromatic ring is 1. The predicted molar refractivity (Wildman–Crippen MR) is 250 cm³/mol. The number of carbonyl (C=O) groups is 1. The van der Waals surface area contributed by atoms with Crippen molar-refractivity contribution in [2.24, 2.45) is 5.73 Å². The Kier molecular flexibility index (Phi) is 14.2. The highest BCUT2D eigenvalue weighted by Crippen LogP contribution is 2.41. The Morgan fingerprint density at radius 3 is 1.90 bits per heavy atom. The van der Waals surface area contributed by atoms with Gasteiger partial charge in [0.05, 0.1) is 33.4 Å². The molecule has 0 radical (unpaired) electrons. The average molecular weight is 955 g/mol. The number of nitrogens with one attached hydrogen (secondary N) is 1. The standard InChI is InChI=1S/C46H54N10O9S2/c1-45(2,3)65-44(57)54-24-23-46(48,30-54)29-50-66(58,59)39-21-20-38(34-13-22-40(47)49-25-34)41(43-51-53-56(52-43)28-33-11-18-37(64-6)19-12-33)42(39)67(60,61)55(26-31-7-14-35(62-4)15-8-31)27-32-9-16-36(63-5)17-10-32/h7-22,25,50H,23-24,26-30,48H2,1-6H3,(H2,47,49)/t46-/m1/s1. The molecule has 5 N–H and O–H groups in total. The highest BCUT2D eigenvalue weighted by molar-refractivity contribution is 7.92. The van der Waals surface area contributed by atoms with E-state index in [0.717, 1.165) is 5.56 Å². The van der Waals surface area contributed by atoms with E-state index >= 15 is 8.42 Å². The fraction of sp³-hybridized carbons (Fsp3) is 0.326. The minimum absolute atomic E-state index is 0.0252. The van der Waals surface area contributed by atoms with E-state index in [1.807, 2.05) is 12.1 Å². The molecule has 1 aliphatic rings. The number of pyridine rings is 1. The number of carbonyl (C=O) groups excluding carboxylic acids is 1. The van der Waals surface area contributed by atoms with Gasteiger partial charge in [-0.1, -0.05) is 42.5 Å². The summed E-state index contributed by atoms with van der Waals surface area (Å²) >= 11 is 0. The lowest BCUT2D eigenvalue weighted by molar-refractivity contribution is 0.0285. The molecule has 0 aliphatic carbocycles. The first kappa shape index (κ1) is 48.3. The lowest BCUT2D eigenvalue weighted by atomic mass is 10.0. The maximum Gasteiger partial charge on any atom is 0.410 e. The first-order chi connectivity index (χ1) is 31.8. The van der Waals surface area contributed by atoms with Crippen LogP contribution >= 0.6 is 0 Å². The van der Waals surface area contributed by atoms with Crippen LogP contribution in [-0.4, -0.2) is 109 Å². The monoisotopic (exact) mass is 954 g/mol. The zero-order chi connectivity index (χ0) is 48.1. The highest BCUT2D eigenvalue weighted by Gasteiger charge is 2.42. The summed E-state index contributed by atoms with van der Waals surface area (Å²) in [5.74, 6) is 1.75. The van der Waals surface area contributed by atoms with Crippen molar-refractivity contribution >= 4 is 32.0 Å². The van der Waals surface area contributed by atoms with Gasteiger partial charge in [-0.3, -0.25) is 0 Å². The third-order valence-corrected chi connectivity index (χ3v) is 14.4. The lowest BCUT2D eigenvalue weighted by Crippen LogP contribution is -2.52. The topological polar surface area (TPSA) is 249 Å². The molecule has 3 heterocycles. The molecule has 1 fully saturated rings. The third kappa shape index (κ3) is 11.5. The molecule has 1 aliphatic heterocycles. The number of methoxy groups -OCH3 is 3. The van der Waals surface area contributed by atoms with Crippen LogP contribution in [0.1, 0.15) is 43.9 Å². The summed E-state index contributed by atoms with van der Waals surface area (Å²) in [7, 11) is -5.11.